The summed E-state index contributed by atoms with van der Waals surface area (Å²) in [6, 6.07) is 11.0. The Morgan fingerprint density at radius 1 is 1.25 bits per heavy atom. The van der Waals surface area contributed by atoms with Crippen molar-refractivity contribution < 1.29 is 18.0 Å². The van der Waals surface area contributed by atoms with Gasteiger partial charge in [-0.15, -0.1) is 0 Å². The van der Waals surface area contributed by atoms with Crippen LogP contribution in [0.2, 0.25) is 0 Å². The zero-order chi connectivity index (χ0) is 17.5. The smallest absolute Gasteiger partial charge is 0.308 e. The van der Waals surface area contributed by atoms with Crippen molar-refractivity contribution in [1.29, 1.82) is 0 Å². The van der Waals surface area contributed by atoms with Gasteiger partial charge in [-0.2, -0.15) is 13.2 Å². The summed E-state index contributed by atoms with van der Waals surface area (Å²) in [5, 5.41) is 0. The monoisotopic (exact) mass is 331 g/mol. The Bertz CT molecular complexity index is 810. The molecule has 1 heterocycles. The van der Waals surface area contributed by atoms with Crippen LogP contribution in [-0.4, -0.2) is 12.5 Å². The number of anilines is 1. The maximum absolute atomic E-state index is 13.0. The number of aryl methyl sites for hydroxylation is 1. The van der Waals surface area contributed by atoms with Crippen molar-refractivity contribution in [2.45, 2.75) is 19.0 Å². The van der Waals surface area contributed by atoms with Crippen molar-refractivity contribution in [2.75, 3.05) is 11.4 Å². The highest BCUT2D eigenvalue weighted by Gasteiger charge is 2.35. The molecule has 2 aromatic carbocycles. The van der Waals surface area contributed by atoms with Gasteiger partial charge >= 0.3 is 6.18 Å². The van der Waals surface area contributed by atoms with Gasteiger partial charge in [0.1, 0.15) is 0 Å². The third kappa shape index (κ3) is 2.82. The minimum absolute atomic E-state index is 0.253. The SMILES string of the molecule is C=CC(=O)N1CC(c2cccc(C(F)(F)F)c2)c2ccc(C)cc21. The second-order valence-corrected chi connectivity index (χ2v) is 5.89. The number of amides is 1. The van der Waals surface area contributed by atoms with Crippen LogP contribution in [0.25, 0.3) is 0 Å². The van der Waals surface area contributed by atoms with E-state index in [2.05, 4.69) is 6.58 Å². The zero-order valence-corrected chi connectivity index (χ0v) is 13.1. The predicted molar refractivity (Wildman–Crippen MR) is 87.0 cm³/mol. The van der Waals surface area contributed by atoms with E-state index in [4.69, 9.17) is 0 Å². The molecule has 0 aromatic heterocycles. The molecule has 0 aliphatic carbocycles. The van der Waals surface area contributed by atoms with E-state index in [0.29, 0.717) is 12.1 Å². The van der Waals surface area contributed by atoms with Crippen LogP contribution in [0, 0.1) is 6.92 Å². The maximum Gasteiger partial charge on any atom is 0.416 e. The third-order valence-corrected chi connectivity index (χ3v) is 4.27. The predicted octanol–water partition coefficient (Wildman–Crippen LogP) is 4.68. The lowest BCUT2D eigenvalue weighted by Crippen LogP contribution is -2.28. The van der Waals surface area contributed by atoms with E-state index in [1.54, 1.807) is 11.0 Å². The number of carbonyl (C=O) groups excluding carboxylic acids is 1. The van der Waals surface area contributed by atoms with Crippen molar-refractivity contribution in [3.8, 4) is 0 Å². The van der Waals surface area contributed by atoms with Crippen LogP contribution in [0.1, 0.15) is 28.2 Å². The number of alkyl halides is 3. The topological polar surface area (TPSA) is 20.3 Å². The third-order valence-electron chi connectivity index (χ3n) is 4.27. The van der Waals surface area contributed by atoms with E-state index in [1.165, 1.54) is 12.1 Å². The molecule has 0 saturated carbocycles. The van der Waals surface area contributed by atoms with Gasteiger partial charge in [-0.1, -0.05) is 36.9 Å². The lowest BCUT2D eigenvalue weighted by Gasteiger charge is -2.16. The molecule has 0 saturated heterocycles. The molecule has 0 radical (unpaired) electrons. The molecule has 2 nitrogen and oxygen atoms in total. The summed E-state index contributed by atoms with van der Waals surface area (Å²) in [4.78, 5) is 13.7. The average molecular weight is 331 g/mol. The molecule has 124 valence electrons. The van der Waals surface area contributed by atoms with E-state index < -0.39 is 11.7 Å². The van der Waals surface area contributed by atoms with Crippen LogP contribution in [0.4, 0.5) is 18.9 Å². The summed E-state index contributed by atoms with van der Waals surface area (Å²) >= 11 is 0. The van der Waals surface area contributed by atoms with Gasteiger partial charge in [0.05, 0.1) is 5.56 Å². The van der Waals surface area contributed by atoms with Crippen LogP contribution in [0.3, 0.4) is 0 Å². The van der Waals surface area contributed by atoms with E-state index in [-0.39, 0.29) is 11.8 Å². The number of rotatable bonds is 2. The maximum atomic E-state index is 13.0. The van der Waals surface area contributed by atoms with Crippen LogP contribution < -0.4 is 4.90 Å². The first-order valence-corrected chi connectivity index (χ1v) is 7.53. The molecule has 1 aliphatic rings. The van der Waals surface area contributed by atoms with Crippen molar-refractivity contribution >= 4 is 11.6 Å². The van der Waals surface area contributed by atoms with Gasteiger partial charge in [0.25, 0.3) is 0 Å². The number of nitrogens with zero attached hydrogens (tertiary/aromatic N) is 1. The van der Waals surface area contributed by atoms with Crippen molar-refractivity contribution in [3.05, 3.63) is 77.4 Å². The molecule has 1 unspecified atom stereocenters. The molecule has 2 aromatic rings. The quantitative estimate of drug-likeness (QED) is 0.732. The summed E-state index contributed by atoms with van der Waals surface area (Å²) < 4.78 is 39.0. The highest BCUT2D eigenvalue weighted by Crippen LogP contribution is 2.42. The Labute approximate surface area is 138 Å². The molecule has 24 heavy (non-hydrogen) atoms. The van der Waals surface area contributed by atoms with Crippen molar-refractivity contribution in [1.82, 2.24) is 0 Å². The fourth-order valence-electron chi connectivity index (χ4n) is 3.10. The number of hydrogen-bond acceptors (Lipinski definition) is 1. The number of fused-ring (bicyclic) bond motifs is 1. The summed E-state index contributed by atoms with van der Waals surface area (Å²) in [5.41, 5.74) is 2.45. The molecular weight excluding hydrogens is 315 g/mol. The second kappa shape index (κ2) is 5.82. The minimum Gasteiger partial charge on any atom is -0.308 e. The lowest BCUT2D eigenvalue weighted by atomic mass is 9.91. The van der Waals surface area contributed by atoms with E-state index in [0.717, 1.165) is 28.9 Å². The molecule has 0 spiro atoms. The summed E-state index contributed by atoms with van der Waals surface area (Å²) in [6.45, 7) is 5.73. The summed E-state index contributed by atoms with van der Waals surface area (Å²) in [5.74, 6) is -0.539. The molecule has 1 atom stereocenters. The molecule has 0 bridgehead atoms. The van der Waals surface area contributed by atoms with E-state index in [1.807, 2.05) is 25.1 Å². The van der Waals surface area contributed by atoms with Gasteiger partial charge in [-0.25, -0.2) is 0 Å². The Kier molecular flexibility index (Phi) is 3.95. The summed E-state index contributed by atoms with van der Waals surface area (Å²) in [6.07, 6.45) is -3.16. The van der Waals surface area contributed by atoms with Crippen LogP contribution >= 0.6 is 0 Å². The van der Waals surface area contributed by atoms with Gasteiger partial charge in [0.15, 0.2) is 0 Å². The Morgan fingerprint density at radius 3 is 2.67 bits per heavy atom. The minimum atomic E-state index is -4.39. The fourth-order valence-corrected chi connectivity index (χ4v) is 3.10. The molecular formula is C19H16F3NO. The van der Waals surface area contributed by atoms with Gasteiger partial charge < -0.3 is 4.90 Å². The van der Waals surface area contributed by atoms with Gasteiger partial charge in [0.2, 0.25) is 5.91 Å². The van der Waals surface area contributed by atoms with Crippen LogP contribution in [-0.2, 0) is 11.0 Å². The van der Waals surface area contributed by atoms with Gasteiger partial charge in [0, 0.05) is 18.2 Å². The number of hydrogen-bond donors (Lipinski definition) is 0. The number of halogens is 3. The Morgan fingerprint density at radius 2 is 2.00 bits per heavy atom. The average Bonchev–Trinajstić information content (AvgIpc) is 2.92. The molecule has 3 rings (SSSR count). The fraction of sp³-hybridized carbons (Fsp3) is 0.211. The van der Waals surface area contributed by atoms with E-state index >= 15 is 0 Å². The second-order valence-electron chi connectivity index (χ2n) is 5.89. The molecule has 1 amide bonds. The van der Waals surface area contributed by atoms with Crippen molar-refractivity contribution in [2.24, 2.45) is 0 Å². The van der Waals surface area contributed by atoms with Crippen molar-refractivity contribution in [3.63, 3.8) is 0 Å². The van der Waals surface area contributed by atoms with Gasteiger partial charge in [-0.3, -0.25) is 4.79 Å². The Hall–Kier alpha value is -2.56. The first-order chi connectivity index (χ1) is 11.3. The summed E-state index contributed by atoms with van der Waals surface area (Å²) in [7, 11) is 0. The number of carbonyl (C=O) groups is 1. The first-order valence-electron chi connectivity index (χ1n) is 7.53. The molecule has 0 fully saturated rings. The first kappa shape index (κ1) is 16.3. The van der Waals surface area contributed by atoms with Crippen LogP contribution in [0.15, 0.2) is 55.1 Å². The Balaban J connectivity index is 2.08. The van der Waals surface area contributed by atoms with Gasteiger partial charge in [-0.05, 0) is 41.8 Å². The molecule has 0 N–H and O–H groups in total. The van der Waals surface area contributed by atoms with E-state index in [9.17, 15) is 18.0 Å². The standard InChI is InChI=1S/C19H16F3NO/c1-3-18(24)23-11-16(15-8-7-12(2)9-17(15)23)13-5-4-6-14(10-13)19(20,21)22/h3-10,16H,1,11H2,2H3. The molecule has 1 aliphatic heterocycles. The molecule has 5 heteroatoms. The normalized spacial score (nSPS) is 16.8. The number of benzene rings is 2. The van der Waals surface area contributed by atoms with Crippen LogP contribution in [0.5, 0.6) is 0 Å². The highest BCUT2D eigenvalue weighted by molar-refractivity contribution is 6.03. The highest BCUT2D eigenvalue weighted by atomic mass is 19.4. The largest absolute Gasteiger partial charge is 0.416 e. The zero-order valence-electron chi connectivity index (χ0n) is 13.1. The lowest BCUT2D eigenvalue weighted by molar-refractivity contribution is -0.137.